The van der Waals surface area contributed by atoms with Crippen molar-refractivity contribution in [2.24, 2.45) is 16.2 Å². The lowest BCUT2D eigenvalue weighted by Crippen LogP contribution is -2.41. The highest BCUT2D eigenvalue weighted by Crippen LogP contribution is 2.50. The van der Waals surface area contributed by atoms with Gasteiger partial charge in [0.2, 0.25) is 11.8 Å². The van der Waals surface area contributed by atoms with Crippen molar-refractivity contribution in [3.8, 4) is 0 Å². The predicted octanol–water partition coefficient (Wildman–Crippen LogP) is 5.16. The van der Waals surface area contributed by atoms with Gasteiger partial charge >= 0.3 is 0 Å². The lowest BCUT2D eigenvalue weighted by Gasteiger charge is -2.46. The van der Waals surface area contributed by atoms with Crippen molar-refractivity contribution in [3.05, 3.63) is 24.3 Å². The minimum atomic E-state index is -0.889. The topological polar surface area (TPSA) is 69.6 Å². The maximum Gasteiger partial charge on any atom is 0.248 e. The van der Waals surface area contributed by atoms with Gasteiger partial charge in [0.25, 0.3) is 0 Å². The van der Waals surface area contributed by atoms with E-state index in [1.807, 2.05) is 0 Å². The van der Waals surface area contributed by atoms with Gasteiger partial charge in [0.1, 0.15) is 6.23 Å². The Kier molecular flexibility index (Phi) is 10.1. The zero-order valence-corrected chi connectivity index (χ0v) is 22.6. The number of rotatable bonds is 12. The average Bonchev–Trinajstić information content (AvgIpc) is 2.96. The molecule has 2 amide bonds. The third-order valence-corrected chi connectivity index (χ3v) is 7.98. The zero-order chi connectivity index (χ0) is 24.8. The summed E-state index contributed by atoms with van der Waals surface area (Å²) < 4.78 is -0.0554. The first-order valence-electron chi connectivity index (χ1n) is 11.8. The highest BCUT2D eigenvalue weighted by Gasteiger charge is 2.41. The van der Waals surface area contributed by atoms with E-state index in [2.05, 4.69) is 79.8 Å². The van der Waals surface area contributed by atoms with Crippen molar-refractivity contribution < 1.29 is 14.7 Å². The van der Waals surface area contributed by atoms with E-state index in [0.717, 1.165) is 19.3 Å². The predicted molar refractivity (Wildman–Crippen MR) is 136 cm³/mol. The molecule has 0 fully saturated rings. The third-order valence-electron chi connectivity index (χ3n) is 6.65. The van der Waals surface area contributed by atoms with E-state index in [4.69, 9.17) is 0 Å². The molecule has 184 valence electrons. The molecule has 0 aromatic rings. The summed E-state index contributed by atoms with van der Waals surface area (Å²) in [4.78, 5) is 25.3. The summed E-state index contributed by atoms with van der Waals surface area (Å²) in [6.45, 7) is 21.1. The van der Waals surface area contributed by atoms with E-state index in [1.54, 1.807) is 11.8 Å². The van der Waals surface area contributed by atoms with E-state index in [0.29, 0.717) is 18.8 Å². The first-order chi connectivity index (χ1) is 14.5. The van der Waals surface area contributed by atoms with E-state index >= 15 is 0 Å². The fourth-order valence-electron chi connectivity index (χ4n) is 4.18. The number of hydrogen-bond acceptors (Lipinski definition) is 4. The molecule has 6 heteroatoms. The van der Waals surface area contributed by atoms with E-state index in [1.165, 1.54) is 17.1 Å². The molecule has 0 saturated heterocycles. The molecule has 0 radical (unpaired) electrons. The van der Waals surface area contributed by atoms with Gasteiger partial charge < -0.3 is 15.3 Å². The maximum absolute atomic E-state index is 12.4. The Balaban J connectivity index is 2.58. The van der Waals surface area contributed by atoms with Crippen LogP contribution in [0.1, 0.15) is 81.6 Å². The molecule has 2 atom stereocenters. The first-order valence-corrected chi connectivity index (χ1v) is 12.8. The van der Waals surface area contributed by atoms with E-state index in [-0.39, 0.29) is 32.8 Å². The van der Waals surface area contributed by atoms with Crippen LogP contribution in [0.3, 0.4) is 0 Å². The van der Waals surface area contributed by atoms with Crippen LogP contribution in [0.25, 0.3) is 0 Å². The number of aliphatic hydroxyl groups is 1. The van der Waals surface area contributed by atoms with Gasteiger partial charge in [-0.3, -0.25) is 9.59 Å². The number of allylic oxidation sites excluding steroid dienone is 2. The fourth-order valence-corrected chi connectivity index (χ4v) is 5.27. The second kappa shape index (κ2) is 11.2. The Bertz CT molecular complexity index is 706. The summed E-state index contributed by atoms with van der Waals surface area (Å²) in [6, 6.07) is 0. The van der Waals surface area contributed by atoms with Gasteiger partial charge in [0.15, 0.2) is 0 Å². The molecule has 0 spiro atoms. The molecule has 2 unspecified atom stereocenters. The van der Waals surface area contributed by atoms with Crippen molar-refractivity contribution in [2.45, 2.75) is 92.6 Å². The minimum Gasteiger partial charge on any atom is -0.370 e. The Morgan fingerprint density at radius 1 is 1.19 bits per heavy atom. The minimum absolute atomic E-state index is 0.0432. The number of carbonyl (C=O) groups excluding carboxylic acids is 2. The monoisotopic (exact) mass is 466 g/mol. The van der Waals surface area contributed by atoms with E-state index in [9.17, 15) is 14.7 Å². The lowest BCUT2D eigenvalue weighted by molar-refractivity contribution is -0.131. The van der Waals surface area contributed by atoms with Gasteiger partial charge in [-0.25, -0.2) is 0 Å². The van der Waals surface area contributed by atoms with Crippen molar-refractivity contribution in [3.63, 3.8) is 0 Å². The quantitative estimate of drug-likeness (QED) is 0.390. The molecule has 0 aromatic heterocycles. The average molecular weight is 467 g/mol. The van der Waals surface area contributed by atoms with Crippen molar-refractivity contribution >= 4 is 23.6 Å². The maximum atomic E-state index is 12.4. The Hall–Kier alpha value is -1.27. The largest absolute Gasteiger partial charge is 0.370 e. The molecule has 1 rings (SSSR count). The molecule has 1 aliphatic heterocycles. The number of nitrogens with one attached hydrogen (secondary N) is 1. The van der Waals surface area contributed by atoms with E-state index < -0.39 is 6.23 Å². The number of amides is 2. The van der Waals surface area contributed by atoms with Crippen LogP contribution in [0.2, 0.25) is 0 Å². The number of carbonyl (C=O) groups is 2. The fraction of sp³-hybridized carbons (Fsp3) is 0.769. The molecule has 1 heterocycles. The third kappa shape index (κ3) is 8.93. The number of nitrogens with zero attached hydrogens (tertiary/aromatic N) is 1. The van der Waals surface area contributed by atoms with Crippen molar-refractivity contribution in [1.82, 2.24) is 10.2 Å². The molecule has 32 heavy (non-hydrogen) atoms. The van der Waals surface area contributed by atoms with Crippen LogP contribution in [0.4, 0.5) is 0 Å². The number of thioether (sulfide) groups is 1. The second-order valence-electron chi connectivity index (χ2n) is 11.7. The highest BCUT2D eigenvalue weighted by atomic mass is 32.2. The number of hydrogen-bond donors (Lipinski definition) is 2. The second-order valence-corrected chi connectivity index (χ2v) is 13.4. The molecule has 0 bridgehead atoms. The number of aliphatic hydroxyl groups excluding tert-OH is 1. The molecule has 0 aliphatic carbocycles. The van der Waals surface area contributed by atoms with Gasteiger partial charge in [-0.05, 0) is 41.6 Å². The van der Waals surface area contributed by atoms with Gasteiger partial charge in [-0.15, -0.1) is 11.8 Å². The van der Waals surface area contributed by atoms with Crippen LogP contribution in [0.15, 0.2) is 24.3 Å². The zero-order valence-electron chi connectivity index (χ0n) is 21.7. The van der Waals surface area contributed by atoms with Crippen LogP contribution in [0, 0.1) is 16.2 Å². The Labute approximate surface area is 200 Å². The standard InChI is InChI=1S/C26H46N2O3S/c1-10-26(9,15-11-14-23(2,3)4)24(5,6)19-25(7,8)32-18-20(29)27-16-17-28-21(30)12-13-22(28)31/h11-13,15,21,30H,10,14,16-19H2,1-9H3,(H,27,29). The van der Waals surface area contributed by atoms with Gasteiger partial charge in [-0.2, -0.15) is 0 Å². The Morgan fingerprint density at radius 3 is 2.31 bits per heavy atom. The Morgan fingerprint density at radius 2 is 1.81 bits per heavy atom. The summed E-state index contributed by atoms with van der Waals surface area (Å²) in [5.41, 5.74) is 0.437. The molecule has 0 aromatic carbocycles. The highest BCUT2D eigenvalue weighted by molar-refractivity contribution is 8.01. The summed E-state index contributed by atoms with van der Waals surface area (Å²) in [5.74, 6) is 0.110. The molecular formula is C26H46N2O3S. The summed E-state index contributed by atoms with van der Waals surface area (Å²) >= 11 is 1.67. The molecule has 2 N–H and O–H groups in total. The van der Waals surface area contributed by atoms with Gasteiger partial charge in [0, 0.05) is 23.9 Å². The summed E-state index contributed by atoms with van der Waals surface area (Å²) in [6.07, 6.45) is 9.79. The van der Waals surface area contributed by atoms with Crippen molar-refractivity contribution in [2.75, 3.05) is 18.8 Å². The van der Waals surface area contributed by atoms with Crippen LogP contribution >= 0.6 is 11.8 Å². The van der Waals surface area contributed by atoms with Crippen LogP contribution in [-0.2, 0) is 9.59 Å². The van der Waals surface area contributed by atoms with Gasteiger partial charge in [0.05, 0.1) is 5.75 Å². The first kappa shape index (κ1) is 28.8. The van der Waals surface area contributed by atoms with Crippen LogP contribution in [0.5, 0.6) is 0 Å². The summed E-state index contributed by atoms with van der Waals surface area (Å²) in [5, 5.41) is 12.6. The smallest absolute Gasteiger partial charge is 0.248 e. The lowest BCUT2D eigenvalue weighted by atomic mass is 9.61. The normalized spacial score (nSPS) is 19.6. The molecular weight excluding hydrogens is 420 g/mol. The van der Waals surface area contributed by atoms with Crippen LogP contribution < -0.4 is 5.32 Å². The molecule has 1 aliphatic rings. The molecule has 5 nitrogen and oxygen atoms in total. The van der Waals surface area contributed by atoms with Crippen molar-refractivity contribution in [1.29, 1.82) is 0 Å². The van der Waals surface area contributed by atoms with Crippen LogP contribution in [-0.4, -0.2) is 51.6 Å². The summed E-state index contributed by atoms with van der Waals surface area (Å²) in [7, 11) is 0. The molecule has 0 saturated carbocycles. The van der Waals surface area contributed by atoms with Gasteiger partial charge in [-0.1, -0.05) is 74.5 Å². The SMILES string of the molecule is CCC(C)(C=CCC(C)(C)C)C(C)(C)CC(C)(C)SCC(=O)NCCN1C(=O)C=CC1O.